The van der Waals surface area contributed by atoms with Crippen molar-refractivity contribution in [1.82, 2.24) is 14.8 Å². The summed E-state index contributed by atoms with van der Waals surface area (Å²) in [6, 6.07) is 10.7. The maximum absolute atomic E-state index is 13.5. The van der Waals surface area contributed by atoms with Crippen molar-refractivity contribution < 1.29 is 19.0 Å². The molecule has 0 radical (unpaired) electrons. The van der Waals surface area contributed by atoms with Crippen LogP contribution in [0.5, 0.6) is 11.5 Å². The normalized spacial score (nSPS) is 11.1. The minimum Gasteiger partial charge on any atom is -0.506 e. The van der Waals surface area contributed by atoms with Gasteiger partial charge in [-0.25, -0.2) is 9.07 Å². The first-order valence-electron chi connectivity index (χ1n) is 7.34. The molecule has 0 saturated heterocycles. The molecule has 0 unspecified atom stereocenters. The second-order valence-corrected chi connectivity index (χ2v) is 5.49. The lowest BCUT2D eigenvalue weighted by Crippen LogP contribution is -1.98. The predicted molar refractivity (Wildman–Crippen MR) is 87.5 cm³/mol. The van der Waals surface area contributed by atoms with Gasteiger partial charge in [-0.3, -0.25) is 4.98 Å². The fourth-order valence-corrected chi connectivity index (χ4v) is 2.64. The van der Waals surface area contributed by atoms with Crippen molar-refractivity contribution in [3.05, 3.63) is 66.5 Å². The second kappa shape index (κ2) is 5.55. The SMILES string of the molecule is Oc1ccc(-c2ccc3c(cnn3-c3cc(O)c(F)c(F)c3)c2)nc1. The third-order valence-electron chi connectivity index (χ3n) is 3.85. The third-order valence-corrected chi connectivity index (χ3v) is 3.85. The molecule has 0 atom stereocenters. The van der Waals surface area contributed by atoms with Crippen LogP contribution in [0.2, 0.25) is 0 Å². The monoisotopic (exact) mass is 339 g/mol. The van der Waals surface area contributed by atoms with E-state index in [0.717, 1.165) is 23.1 Å². The number of pyridine rings is 1. The number of nitrogens with zero attached hydrogens (tertiary/aromatic N) is 3. The number of hydrogen-bond acceptors (Lipinski definition) is 4. The lowest BCUT2D eigenvalue weighted by Gasteiger charge is -2.07. The van der Waals surface area contributed by atoms with Gasteiger partial charge in [-0.15, -0.1) is 0 Å². The van der Waals surface area contributed by atoms with Gasteiger partial charge < -0.3 is 10.2 Å². The minimum absolute atomic E-state index is 0.0794. The molecule has 4 rings (SSSR count). The van der Waals surface area contributed by atoms with Gasteiger partial charge in [-0.1, -0.05) is 6.07 Å². The Kier molecular flexibility index (Phi) is 3.35. The van der Waals surface area contributed by atoms with E-state index in [9.17, 15) is 19.0 Å². The van der Waals surface area contributed by atoms with Gasteiger partial charge in [0.2, 0.25) is 0 Å². The zero-order chi connectivity index (χ0) is 17.6. The van der Waals surface area contributed by atoms with Crippen molar-refractivity contribution in [2.45, 2.75) is 0 Å². The zero-order valence-electron chi connectivity index (χ0n) is 12.7. The van der Waals surface area contributed by atoms with E-state index in [0.29, 0.717) is 11.2 Å². The fourth-order valence-electron chi connectivity index (χ4n) is 2.64. The maximum atomic E-state index is 13.5. The number of hydrogen-bond donors (Lipinski definition) is 2. The Morgan fingerprint density at radius 3 is 2.48 bits per heavy atom. The molecular formula is C18H11F2N3O2. The molecule has 2 aromatic carbocycles. The third kappa shape index (κ3) is 2.55. The summed E-state index contributed by atoms with van der Waals surface area (Å²) in [6.07, 6.45) is 2.94. The van der Waals surface area contributed by atoms with Gasteiger partial charge >= 0.3 is 0 Å². The molecule has 0 aliphatic carbocycles. The largest absolute Gasteiger partial charge is 0.506 e. The van der Waals surface area contributed by atoms with E-state index in [-0.39, 0.29) is 11.4 Å². The lowest BCUT2D eigenvalue weighted by atomic mass is 10.1. The fraction of sp³-hybridized carbons (Fsp3) is 0. The predicted octanol–water partition coefficient (Wildman–Crippen LogP) is 3.78. The molecule has 0 aliphatic heterocycles. The lowest BCUT2D eigenvalue weighted by molar-refractivity contribution is 0.406. The first-order valence-corrected chi connectivity index (χ1v) is 7.34. The Hall–Kier alpha value is -3.48. The molecule has 7 heteroatoms. The van der Waals surface area contributed by atoms with E-state index in [4.69, 9.17) is 0 Å². The zero-order valence-corrected chi connectivity index (χ0v) is 12.7. The highest BCUT2D eigenvalue weighted by atomic mass is 19.2. The van der Waals surface area contributed by atoms with Crippen LogP contribution in [0.3, 0.4) is 0 Å². The number of phenols is 1. The number of aromatic nitrogens is 3. The van der Waals surface area contributed by atoms with Crippen molar-refractivity contribution in [3.8, 4) is 28.4 Å². The highest BCUT2D eigenvalue weighted by molar-refractivity contribution is 5.85. The van der Waals surface area contributed by atoms with Crippen molar-refractivity contribution in [2.75, 3.05) is 0 Å². The van der Waals surface area contributed by atoms with E-state index in [2.05, 4.69) is 10.1 Å². The van der Waals surface area contributed by atoms with E-state index in [1.165, 1.54) is 10.9 Å². The molecule has 2 N–H and O–H groups in total. The van der Waals surface area contributed by atoms with Crippen molar-refractivity contribution >= 4 is 10.9 Å². The molecule has 4 aromatic rings. The van der Waals surface area contributed by atoms with Gasteiger partial charge in [0.05, 0.1) is 29.3 Å². The Bertz CT molecular complexity index is 1070. The summed E-state index contributed by atoms with van der Waals surface area (Å²) in [7, 11) is 0. The Labute approximate surface area is 140 Å². The molecule has 0 spiro atoms. The molecule has 25 heavy (non-hydrogen) atoms. The van der Waals surface area contributed by atoms with Gasteiger partial charge in [0.15, 0.2) is 17.4 Å². The van der Waals surface area contributed by atoms with E-state index in [1.54, 1.807) is 30.5 Å². The van der Waals surface area contributed by atoms with Gasteiger partial charge in [0.1, 0.15) is 5.75 Å². The number of phenolic OH excluding ortho intramolecular Hbond substituents is 1. The first-order chi connectivity index (χ1) is 12.0. The quantitative estimate of drug-likeness (QED) is 0.583. The van der Waals surface area contributed by atoms with Crippen LogP contribution in [0.4, 0.5) is 8.78 Å². The van der Waals surface area contributed by atoms with Crippen LogP contribution < -0.4 is 0 Å². The van der Waals surface area contributed by atoms with Gasteiger partial charge in [0, 0.05) is 23.1 Å². The maximum Gasteiger partial charge on any atom is 0.200 e. The number of benzene rings is 2. The molecule has 2 aromatic heterocycles. The number of halogens is 2. The molecule has 0 aliphatic rings. The molecule has 0 fully saturated rings. The average Bonchev–Trinajstić information content (AvgIpc) is 3.03. The van der Waals surface area contributed by atoms with Gasteiger partial charge in [0.25, 0.3) is 0 Å². The molecule has 5 nitrogen and oxygen atoms in total. The minimum atomic E-state index is -1.29. The molecule has 0 bridgehead atoms. The standard InChI is InChI=1S/C18H11F2N3O2/c19-14-6-12(7-17(25)18(14)20)23-16-4-1-10(5-11(16)8-22-23)15-3-2-13(24)9-21-15/h1-9,24-25H. The van der Waals surface area contributed by atoms with E-state index >= 15 is 0 Å². The van der Waals surface area contributed by atoms with Crippen LogP contribution in [0.1, 0.15) is 0 Å². The van der Waals surface area contributed by atoms with Crippen molar-refractivity contribution in [1.29, 1.82) is 0 Å². The molecular weight excluding hydrogens is 328 g/mol. The summed E-state index contributed by atoms with van der Waals surface area (Å²) in [5, 5.41) is 23.7. The number of fused-ring (bicyclic) bond motifs is 1. The van der Waals surface area contributed by atoms with Gasteiger partial charge in [-0.05, 0) is 24.3 Å². The molecule has 0 amide bonds. The van der Waals surface area contributed by atoms with Gasteiger partial charge in [-0.2, -0.15) is 9.49 Å². The Balaban J connectivity index is 1.82. The average molecular weight is 339 g/mol. The van der Waals surface area contributed by atoms with Crippen LogP contribution in [-0.2, 0) is 0 Å². The Morgan fingerprint density at radius 1 is 0.920 bits per heavy atom. The summed E-state index contributed by atoms with van der Waals surface area (Å²) in [5.41, 5.74) is 2.37. The van der Waals surface area contributed by atoms with Crippen LogP contribution >= 0.6 is 0 Å². The summed E-state index contributed by atoms with van der Waals surface area (Å²) < 4.78 is 28.2. The highest BCUT2D eigenvalue weighted by Gasteiger charge is 2.13. The Morgan fingerprint density at radius 2 is 1.76 bits per heavy atom. The summed E-state index contributed by atoms with van der Waals surface area (Å²) in [4.78, 5) is 4.15. The smallest absolute Gasteiger partial charge is 0.200 e. The van der Waals surface area contributed by atoms with E-state index < -0.39 is 17.4 Å². The summed E-state index contributed by atoms with van der Waals surface area (Å²) in [5.74, 6) is -3.14. The van der Waals surface area contributed by atoms with Crippen LogP contribution in [0.15, 0.2) is 54.9 Å². The summed E-state index contributed by atoms with van der Waals surface area (Å²) >= 11 is 0. The highest BCUT2D eigenvalue weighted by Crippen LogP contribution is 2.28. The topological polar surface area (TPSA) is 71.2 Å². The second-order valence-electron chi connectivity index (χ2n) is 5.49. The van der Waals surface area contributed by atoms with Crippen molar-refractivity contribution in [3.63, 3.8) is 0 Å². The number of rotatable bonds is 2. The van der Waals surface area contributed by atoms with E-state index in [1.807, 2.05) is 6.07 Å². The molecule has 2 heterocycles. The molecule has 124 valence electrons. The van der Waals surface area contributed by atoms with Crippen molar-refractivity contribution in [2.24, 2.45) is 0 Å². The first kappa shape index (κ1) is 15.1. The van der Waals surface area contributed by atoms with Crippen LogP contribution in [0.25, 0.3) is 27.8 Å². The van der Waals surface area contributed by atoms with Crippen LogP contribution in [-0.4, -0.2) is 25.0 Å². The summed E-state index contributed by atoms with van der Waals surface area (Å²) in [6.45, 7) is 0. The van der Waals surface area contributed by atoms with Crippen LogP contribution in [0, 0.1) is 11.6 Å². The number of aromatic hydroxyl groups is 2. The molecule has 0 saturated carbocycles.